The SMILES string of the molecule is COc1ccc(C(C#N)N2CCN(C(=O)/C=C/c3cc(C)ccc3OC)CC2)cc1. The highest BCUT2D eigenvalue weighted by Gasteiger charge is 2.26. The van der Waals surface area contributed by atoms with Gasteiger partial charge in [0.15, 0.2) is 0 Å². The lowest BCUT2D eigenvalue weighted by atomic mass is 10.1. The summed E-state index contributed by atoms with van der Waals surface area (Å²) in [5.74, 6) is 1.48. The summed E-state index contributed by atoms with van der Waals surface area (Å²) in [5.41, 5.74) is 2.93. The number of benzene rings is 2. The maximum absolute atomic E-state index is 12.6. The van der Waals surface area contributed by atoms with Crippen LogP contribution in [0, 0.1) is 18.3 Å². The van der Waals surface area contributed by atoms with Gasteiger partial charge in [-0.05, 0) is 42.8 Å². The van der Waals surface area contributed by atoms with Crippen molar-refractivity contribution in [2.75, 3.05) is 40.4 Å². The highest BCUT2D eigenvalue weighted by atomic mass is 16.5. The van der Waals surface area contributed by atoms with Crippen LogP contribution in [-0.2, 0) is 4.79 Å². The lowest BCUT2D eigenvalue weighted by Gasteiger charge is -2.36. The molecule has 0 N–H and O–H groups in total. The van der Waals surface area contributed by atoms with Gasteiger partial charge in [-0.1, -0.05) is 23.8 Å². The first-order chi connectivity index (χ1) is 14.5. The topological polar surface area (TPSA) is 65.8 Å². The van der Waals surface area contributed by atoms with Crippen molar-refractivity contribution in [3.8, 4) is 17.6 Å². The molecule has 0 aromatic heterocycles. The lowest BCUT2D eigenvalue weighted by Crippen LogP contribution is -2.49. The quantitative estimate of drug-likeness (QED) is 0.689. The Morgan fingerprint density at radius 3 is 2.37 bits per heavy atom. The molecule has 6 heteroatoms. The predicted molar refractivity (Wildman–Crippen MR) is 116 cm³/mol. The van der Waals surface area contributed by atoms with Crippen molar-refractivity contribution in [1.29, 1.82) is 5.26 Å². The summed E-state index contributed by atoms with van der Waals surface area (Å²) >= 11 is 0. The maximum atomic E-state index is 12.6. The minimum atomic E-state index is -0.333. The second-order valence-electron chi connectivity index (χ2n) is 7.24. The van der Waals surface area contributed by atoms with Crippen molar-refractivity contribution in [3.05, 3.63) is 65.2 Å². The lowest BCUT2D eigenvalue weighted by molar-refractivity contribution is -0.127. The van der Waals surface area contributed by atoms with Crippen LogP contribution in [0.25, 0.3) is 6.08 Å². The third kappa shape index (κ3) is 5.00. The Bertz CT molecular complexity index is 939. The molecule has 1 fully saturated rings. The Kier molecular flexibility index (Phi) is 7.10. The Morgan fingerprint density at radius 2 is 1.77 bits per heavy atom. The summed E-state index contributed by atoms with van der Waals surface area (Å²) in [7, 11) is 3.24. The number of nitriles is 1. The molecule has 0 spiro atoms. The van der Waals surface area contributed by atoms with Gasteiger partial charge in [0.1, 0.15) is 17.5 Å². The largest absolute Gasteiger partial charge is 0.497 e. The van der Waals surface area contributed by atoms with E-state index in [1.54, 1.807) is 26.4 Å². The van der Waals surface area contributed by atoms with Crippen molar-refractivity contribution < 1.29 is 14.3 Å². The van der Waals surface area contributed by atoms with Gasteiger partial charge in [0.2, 0.25) is 5.91 Å². The molecule has 0 bridgehead atoms. The minimum absolute atomic E-state index is 0.0313. The number of ether oxygens (including phenoxy) is 2. The standard InChI is InChI=1S/C24H27N3O3/c1-18-4-10-23(30-3)20(16-18)7-11-24(28)27-14-12-26(13-15-27)22(17-25)19-5-8-21(29-2)9-6-19/h4-11,16,22H,12-15H2,1-3H3/b11-7+. The molecule has 30 heavy (non-hydrogen) atoms. The normalized spacial score (nSPS) is 15.6. The van der Waals surface area contributed by atoms with Gasteiger partial charge in [-0.3, -0.25) is 9.69 Å². The molecule has 6 nitrogen and oxygen atoms in total. The number of piperazine rings is 1. The van der Waals surface area contributed by atoms with Crippen LogP contribution < -0.4 is 9.47 Å². The van der Waals surface area contributed by atoms with Crippen LogP contribution in [0.3, 0.4) is 0 Å². The Hall–Kier alpha value is -3.30. The van der Waals surface area contributed by atoms with Gasteiger partial charge >= 0.3 is 0 Å². The van der Waals surface area contributed by atoms with Gasteiger partial charge in [-0.2, -0.15) is 5.26 Å². The zero-order chi connectivity index (χ0) is 21.5. The molecule has 1 atom stereocenters. The first-order valence-electron chi connectivity index (χ1n) is 9.95. The molecule has 3 rings (SSSR count). The molecular weight excluding hydrogens is 378 g/mol. The third-order valence-electron chi connectivity index (χ3n) is 5.34. The fraction of sp³-hybridized carbons (Fsp3) is 0.333. The van der Waals surface area contributed by atoms with Crippen LogP contribution in [-0.4, -0.2) is 56.1 Å². The molecule has 1 amide bonds. The molecule has 2 aromatic rings. The van der Waals surface area contributed by atoms with Crippen LogP contribution in [0.1, 0.15) is 22.7 Å². The summed E-state index contributed by atoms with van der Waals surface area (Å²) in [6.07, 6.45) is 3.40. The highest BCUT2D eigenvalue weighted by molar-refractivity contribution is 5.92. The molecular formula is C24H27N3O3. The Morgan fingerprint density at radius 1 is 1.07 bits per heavy atom. The maximum Gasteiger partial charge on any atom is 0.246 e. The Labute approximate surface area is 177 Å². The van der Waals surface area contributed by atoms with Gasteiger partial charge in [0.25, 0.3) is 0 Å². The number of methoxy groups -OCH3 is 2. The second-order valence-corrected chi connectivity index (χ2v) is 7.24. The zero-order valence-corrected chi connectivity index (χ0v) is 17.7. The Balaban J connectivity index is 1.61. The number of rotatable bonds is 6. The van der Waals surface area contributed by atoms with E-state index in [9.17, 15) is 10.1 Å². The van der Waals surface area contributed by atoms with E-state index in [1.807, 2.05) is 54.3 Å². The van der Waals surface area contributed by atoms with E-state index in [0.717, 1.165) is 28.2 Å². The van der Waals surface area contributed by atoms with E-state index in [4.69, 9.17) is 9.47 Å². The number of carbonyl (C=O) groups is 1. The second kappa shape index (κ2) is 9.95. The number of hydrogen-bond acceptors (Lipinski definition) is 5. The first kappa shape index (κ1) is 21.4. The van der Waals surface area contributed by atoms with Crippen molar-refractivity contribution >= 4 is 12.0 Å². The third-order valence-corrected chi connectivity index (χ3v) is 5.34. The summed E-state index contributed by atoms with van der Waals surface area (Å²) in [4.78, 5) is 16.6. The number of hydrogen-bond donors (Lipinski definition) is 0. The summed E-state index contributed by atoms with van der Waals surface area (Å²) < 4.78 is 10.6. The van der Waals surface area contributed by atoms with E-state index >= 15 is 0 Å². The van der Waals surface area contributed by atoms with E-state index in [-0.39, 0.29) is 11.9 Å². The van der Waals surface area contributed by atoms with Crippen molar-refractivity contribution in [1.82, 2.24) is 9.80 Å². The molecule has 1 aliphatic rings. The van der Waals surface area contributed by atoms with Crippen LogP contribution in [0.4, 0.5) is 0 Å². The van der Waals surface area contributed by atoms with Crippen LogP contribution in [0.2, 0.25) is 0 Å². The molecule has 1 saturated heterocycles. The number of carbonyl (C=O) groups excluding carboxylic acids is 1. The van der Waals surface area contributed by atoms with Crippen molar-refractivity contribution in [2.45, 2.75) is 13.0 Å². The molecule has 0 saturated carbocycles. The summed E-state index contributed by atoms with van der Waals surface area (Å²) in [5, 5.41) is 9.69. The average molecular weight is 405 g/mol. The van der Waals surface area contributed by atoms with Crippen LogP contribution in [0.5, 0.6) is 11.5 Å². The fourth-order valence-electron chi connectivity index (χ4n) is 3.60. The highest BCUT2D eigenvalue weighted by Crippen LogP contribution is 2.24. The monoisotopic (exact) mass is 405 g/mol. The molecule has 0 radical (unpaired) electrons. The predicted octanol–water partition coefficient (Wildman–Crippen LogP) is 3.43. The van der Waals surface area contributed by atoms with Crippen LogP contribution >= 0.6 is 0 Å². The molecule has 1 heterocycles. The smallest absolute Gasteiger partial charge is 0.246 e. The molecule has 1 unspecified atom stereocenters. The molecule has 2 aromatic carbocycles. The van der Waals surface area contributed by atoms with E-state index in [2.05, 4.69) is 11.0 Å². The molecule has 0 aliphatic carbocycles. The fourth-order valence-corrected chi connectivity index (χ4v) is 3.60. The minimum Gasteiger partial charge on any atom is -0.497 e. The average Bonchev–Trinajstić information content (AvgIpc) is 2.79. The van der Waals surface area contributed by atoms with Crippen LogP contribution in [0.15, 0.2) is 48.5 Å². The summed E-state index contributed by atoms with van der Waals surface area (Å²) in [6.45, 7) is 4.48. The first-order valence-corrected chi connectivity index (χ1v) is 9.95. The van der Waals surface area contributed by atoms with Gasteiger partial charge < -0.3 is 14.4 Å². The van der Waals surface area contributed by atoms with Gasteiger partial charge in [-0.15, -0.1) is 0 Å². The van der Waals surface area contributed by atoms with E-state index in [1.165, 1.54) is 0 Å². The number of aryl methyl sites for hydroxylation is 1. The van der Waals surface area contributed by atoms with Gasteiger partial charge in [-0.25, -0.2) is 0 Å². The number of nitrogens with zero attached hydrogens (tertiary/aromatic N) is 3. The van der Waals surface area contributed by atoms with Gasteiger partial charge in [0.05, 0.1) is 20.3 Å². The molecule has 156 valence electrons. The molecule has 1 aliphatic heterocycles. The van der Waals surface area contributed by atoms with Gasteiger partial charge in [0, 0.05) is 37.8 Å². The summed E-state index contributed by atoms with van der Waals surface area (Å²) in [6, 6.07) is 15.5. The number of amides is 1. The van der Waals surface area contributed by atoms with E-state index < -0.39 is 0 Å². The van der Waals surface area contributed by atoms with Crippen molar-refractivity contribution in [3.63, 3.8) is 0 Å². The van der Waals surface area contributed by atoms with E-state index in [0.29, 0.717) is 26.2 Å². The van der Waals surface area contributed by atoms with Crippen molar-refractivity contribution in [2.24, 2.45) is 0 Å². The zero-order valence-electron chi connectivity index (χ0n) is 17.7.